The molecule has 0 saturated carbocycles. The number of anilines is 1. The van der Waals surface area contributed by atoms with Gasteiger partial charge in [-0.2, -0.15) is 0 Å². The monoisotopic (exact) mass is 429 g/mol. The first kappa shape index (κ1) is 21.5. The van der Waals surface area contributed by atoms with Crippen molar-refractivity contribution in [1.29, 1.82) is 0 Å². The van der Waals surface area contributed by atoms with Gasteiger partial charge < -0.3 is 14.4 Å². The first-order valence-electron chi connectivity index (χ1n) is 9.23. The average Bonchev–Trinajstić information content (AvgIpc) is 3.18. The number of hydrazine groups is 1. The van der Waals surface area contributed by atoms with Crippen molar-refractivity contribution in [1.82, 2.24) is 10.9 Å². The number of thioether (sulfide) groups is 1. The van der Waals surface area contributed by atoms with Gasteiger partial charge >= 0.3 is 0 Å². The van der Waals surface area contributed by atoms with E-state index in [1.54, 1.807) is 22.7 Å². The summed E-state index contributed by atoms with van der Waals surface area (Å²) in [5.74, 6) is -0.719. The number of benzene rings is 2. The molecule has 2 aromatic carbocycles. The number of ether oxygens (including phenoxy) is 2. The van der Waals surface area contributed by atoms with Crippen molar-refractivity contribution in [3.8, 4) is 11.5 Å². The van der Waals surface area contributed by atoms with E-state index in [2.05, 4.69) is 10.9 Å². The molecule has 1 atom stereocenters. The lowest BCUT2D eigenvalue weighted by atomic mass is 10.1. The van der Waals surface area contributed by atoms with Crippen molar-refractivity contribution in [2.75, 3.05) is 31.9 Å². The normalized spacial score (nSPS) is 15.6. The lowest BCUT2D eigenvalue weighted by Crippen LogP contribution is -2.45. The smallest absolute Gasteiger partial charge is 0.269 e. The molecule has 0 radical (unpaired) electrons. The summed E-state index contributed by atoms with van der Waals surface area (Å²) < 4.78 is 10.3. The Kier molecular flexibility index (Phi) is 6.83. The number of hydrogen-bond donors (Lipinski definition) is 2. The molecule has 9 heteroatoms. The predicted octanol–water partition coefficient (Wildman–Crippen LogP) is 2.24. The highest BCUT2D eigenvalue weighted by Gasteiger charge is 2.35. The van der Waals surface area contributed by atoms with Crippen molar-refractivity contribution >= 4 is 35.2 Å². The average molecular weight is 429 g/mol. The maximum atomic E-state index is 12.5. The molecule has 3 amide bonds. The van der Waals surface area contributed by atoms with E-state index in [0.29, 0.717) is 11.5 Å². The zero-order chi connectivity index (χ0) is 21.7. The highest BCUT2D eigenvalue weighted by atomic mass is 32.2. The summed E-state index contributed by atoms with van der Waals surface area (Å²) in [5.41, 5.74) is 5.81. The summed E-state index contributed by atoms with van der Waals surface area (Å²) in [7, 11) is 2.96. The Bertz CT molecular complexity index is 926. The van der Waals surface area contributed by atoms with Gasteiger partial charge in [-0.25, -0.2) is 0 Å². The number of carbonyl (C=O) groups excluding carboxylic acids is 3. The molecular formula is C21H23N3O5S. The predicted molar refractivity (Wildman–Crippen MR) is 114 cm³/mol. The van der Waals surface area contributed by atoms with Crippen LogP contribution in [0.25, 0.3) is 0 Å². The van der Waals surface area contributed by atoms with Gasteiger partial charge in [-0.1, -0.05) is 0 Å². The third-order valence-electron chi connectivity index (χ3n) is 4.79. The van der Waals surface area contributed by atoms with Gasteiger partial charge in [-0.15, -0.1) is 11.8 Å². The van der Waals surface area contributed by atoms with Gasteiger partial charge in [0, 0.05) is 35.2 Å². The van der Waals surface area contributed by atoms with E-state index in [-0.39, 0.29) is 24.4 Å². The summed E-state index contributed by atoms with van der Waals surface area (Å²) in [5, 5.41) is 0. The van der Waals surface area contributed by atoms with Crippen LogP contribution in [0.3, 0.4) is 0 Å². The Balaban J connectivity index is 1.60. The van der Waals surface area contributed by atoms with E-state index >= 15 is 0 Å². The van der Waals surface area contributed by atoms with Crippen LogP contribution in [0.2, 0.25) is 0 Å². The highest BCUT2D eigenvalue weighted by Crippen LogP contribution is 2.27. The van der Waals surface area contributed by atoms with Crippen LogP contribution in [-0.4, -0.2) is 44.7 Å². The fraction of sp³-hybridized carbons (Fsp3) is 0.286. The summed E-state index contributed by atoms with van der Waals surface area (Å²) in [6.07, 6.45) is 2.06. The molecule has 0 aliphatic carbocycles. The van der Waals surface area contributed by atoms with E-state index in [1.807, 2.05) is 30.5 Å². The van der Waals surface area contributed by atoms with Crippen LogP contribution >= 0.6 is 11.8 Å². The third-order valence-corrected chi connectivity index (χ3v) is 5.54. The van der Waals surface area contributed by atoms with E-state index in [1.165, 1.54) is 26.4 Å². The second-order valence-corrected chi connectivity index (χ2v) is 7.53. The number of methoxy groups -OCH3 is 2. The number of amides is 3. The van der Waals surface area contributed by atoms with E-state index < -0.39 is 17.7 Å². The maximum absolute atomic E-state index is 12.5. The molecule has 1 heterocycles. The van der Waals surface area contributed by atoms with E-state index in [0.717, 1.165) is 10.6 Å². The lowest BCUT2D eigenvalue weighted by Gasteiger charge is -2.17. The molecule has 0 bridgehead atoms. The summed E-state index contributed by atoms with van der Waals surface area (Å²) in [6, 6.07) is 12.3. The molecule has 2 N–H and O–H groups in total. The second kappa shape index (κ2) is 9.53. The number of nitrogens with zero attached hydrogens (tertiary/aromatic N) is 1. The van der Waals surface area contributed by atoms with Crippen LogP contribution in [-0.2, 0) is 9.59 Å². The number of carbonyl (C=O) groups is 3. The lowest BCUT2D eigenvalue weighted by molar-refractivity contribution is -0.126. The van der Waals surface area contributed by atoms with Crippen molar-refractivity contribution in [2.24, 2.45) is 5.92 Å². The molecule has 1 saturated heterocycles. The summed E-state index contributed by atoms with van der Waals surface area (Å²) in [4.78, 5) is 39.9. The number of hydrogen-bond acceptors (Lipinski definition) is 6. The molecule has 0 spiro atoms. The van der Waals surface area contributed by atoms with Gasteiger partial charge in [-0.3, -0.25) is 25.2 Å². The van der Waals surface area contributed by atoms with Gasteiger partial charge in [0.15, 0.2) is 0 Å². The first-order valence-corrected chi connectivity index (χ1v) is 10.4. The number of nitrogens with one attached hydrogen (secondary N) is 2. The van der Waals surface area contributed by atoms with Gasteiger partial charge in [0.05, 0.1) is 20.1 Å². The van der Waals surface area contributed by atoms with Crippen LogP contribution in [0.15, 0.2) is 47.4 Å². The molecule has 1 unspecified atom stereocenters. The molecule has 1 fully saturated rings. The molecule has 1 aliphatic rings. The first-order chi connectivity index (χ1) is 14.4. The van der Waals surface area contributed by atoms with Crippen LogP contribution in [0, 0.1) is 5.92 Å². The molecule has 0 aromatic heterocycles. The number of rotatable bonds is 6. The Morgan fingerprint density at radius 2 is 1.67 bits per heavy atom. The van der Waals surface area contributed by atoms with Gasteiger partial charge in [0.25, 0.3) is 5.91 Å². The quantitative estimate of drug-likeness (QED) is 0.540. The fourth-order valence-corrected chi connectivity index (χ4v) is 3.53. The SMILES string of the molecule is COc1cc(OC)cc(C(=O)NNC(=O)C2CC(=O)N(c3ccc(SC)cc3)C2)c1. The van der Waals surface area contributed by atoms with Crippen LogP contribution in [0.5, 0.6) is 11.5 Å². The zero-order valence-corrected chi connectivity index (χ0v) is 17.7. The topological polar surface area (TPSA) is 97.0 Å². The van der Waals surface area contributed by atoms with Gasteiger partial charge in [0.2, 0.25) is 11.8 Å². The van der Waals surface area contributed by atoms with Crippen LogP contribution < -0.4 is 25.2 Å². The Labute approximate surface area is 178 Å². The third kappa shape index (κ3) is 4.85. The highest BCUT2D eigenvalue weighted by molar-refractivity contribution is 7.98. The standard InChI is InChI=1S/C21H23N3O5S/c1-28-16-8-13(9-17(11-16)29-2)20(26)22-23-21(27)14-10-19(25)24(12-14)15-4-6-18(30-3)7-5-15/h4-9,11,14H,10,12H2,1-3H3,(H,22,26)(H,23,27). The van der Waals surface area contributed by atoms with Gasteiger partial charge in [0.1, 0.15) is 11.5 Å². The summed E-state index contributed by atoms with van der Waals surface area (Å²) >= 11 is 1.61. The van der Waals surface area contributed by atoms with Crippen molar-refractivity contribution in [3.05, 3.63) is 48.0 Å². The minimum absolute atomic E-state index is 0.0823. The largest absolute Gasteiger partial charge is 0.497 e. The minimum Gasteiger partial charge on any atom is -0.497 e. The second-order valence-electron chi connectivity index (χ2n) is 6.65. The zero-order valence-electron chi connectivity index (χ0n) is 16.9. The molecular weight excluding hydrogens is 406 g/mol. The molecule has 3 rings (SSSR count). The van der Waals surface area contributed by atoms with E-state index in [4.69, 9.17) is 9.47 Å². The van der Waals surface area contributed by atoms with Crippen molar-refractivity contribution in [2.45, 2.75) is 11.3 Å². The molecule has 1 aliphatic heterocycles. The fourth-order valence-electron chi connectivity index (χ4n) is 3.13. The Morgan fingerprint density at radius 1 is 1.03 bits per heavy atom. The minimum atomic E-state index is -0.558. The molecule has 2 aromatic rings. The van der Waals surface area contributed by atoms with Crippen LogP contribution in [0.1, 0.15) is 16.8 Å². The molecule has 30 heavy (non-hydrogen) atoms. The van der Waals surface area contributed by atoms with Crippen molar-refractivity contribution in [3.63, 3.8) is 0 Å². The molecule has 158 valence electrons. The van der Waals surface area contributed by atoms with Gasteiger partial charge in [-0.05, 0) is 42.7 Å². The Morgan fingerprint density at radius 3 is 2.23 bits per heavy atom. The van der Waals surface area contributed by atoms with E-state index in [9.17, 15) is 14.4 Å². The summed E-state index contributed by atoms with van der Waals surface area (Å²) in [6.45, 7) is 0.256. The Hall–Kier alpha value is -3.20. The van der Waals surface area contributed by atoms with Crippen LogP contribution in [0.4, 0.5) is 5.69 Å². The maximum Gasteiger partial charge on any atom is 0.269 e. The van der Waals surface area contributed by atoms with Crippen molar-refractivity contribution < 1.29 is 23.9 Å². The molecule has 8 nitrogen and oxygen atoms in total.